The van der Waals surface area contributed by atoms with Crippen LogP contribution in [0.15, 0.2) is 48.9 Å². The molecule has 3 heterocycles. The molecule has 1 aromatic carbocycles. The van der Waals surface area contributed by atoms with Crippen LogP contribution in [0.5, 0.6) is 0 Å². The van der Waals surface area contributed by atoms with Crippen molar-refractivity contribution in [2.75, 3.05) is 39.3 Å². The summed E-state index contributed by atoms with van der Waals surface area (Å²) in [5, 5.41) is 21.4. The summed E-state index contributed by atoms with van der Waals surface area (Å²) in [5.41, 5.74) is 0.804. The fraction of sp³-hybridized carbons (Fsp3) is 0.467. The number of Topliss-reactive ketones (excluding diaryl/α,β-unsaturated/α-hetero) is 1. The average molecular weight is 639 g/mol. The number of aromatic nitrogens is 2. The summed E-state index contributed by atoms with van der Waals surface area (Å²) in [6.07, 6.45) is 4.31. The number of carbonyl (C=O) groups is 6. The number of ketones is 1. The minimum absolute atomic E-state index is 0.0207. The Morgan fingerprint density at radius 1 is 1.00 bits per heavy atom. The van der Waals surface area contributed by atoms with Crippen LogP contribution in [0.2, 0.25) is 5.82 Å². The fourth-order valence-corrected chi connectivity index (χ4v) is 6.59. The highest BCUT2D eigenvalue weighted by Crippen LogP contribution is 2.47. The molecule has 0 spiro atoms. The predicted molar refractivity (Wildman–Crippen MR) is 161 cm³/mol. The molecule has 0 radical (unpaired) electrons. The predicted octanol–water partition coefficient (Wildman–Crippen LogP) is 0.534. The van der Waals surface area contributed by atoms with Crippen molar-refractivity contribution in [2.24, 2.45) is 5.92 Å². The molecule has 1 amide bonds. The van der Waals surface area contributed by atoms with Crippen molar-refractivity contribution in [1.82, 2.24) is 20.2 Å². The molecule has 2 saturated heterocycles. The lowest BCUT2D eigenvalue weighted by Gasteiger charge is -2.48. The van der Waals surface area contributed by atoms with Gasteiger partial charge in [0, 0.05) is 18.9 Å². The molecule has 246 valence electrons. The number of hydrogen-bond donors (Lipinski definition) is 3. The zero-order valence-corrected chi connectivity index (χ0v) is 25.7. The SMILES string of the molecule is CC(C)C[C@H](CC(=O)[C@H](Cc1ccccc1)NC(=O)c1cnccn1)[B-]12OC(=O)C[N+]1(CCN(CC(=O)O)CC(=O)O)CC(=O)O2. The van der Waals surface area contributed by atoms with Crippen LogP contribution in [0.4, 0.5) is 0 Å². The van der Waals surface area contributed by atoms with Crippen LogP contribution >= 0.6 is 0 Å². The molecular weight excluding hydrogens is 601 g/mol. The summed E-state index contributed by atoms with van der Waals surface area (Å²) in [4.78, 5) is 85.1. The molecule has 46 heavy (non-hydrogen) atoms. The summed E-state index contributed by atoms with van der Waals surface area (Å²) < 4.78 is 11.5. The van der Waals surface area contributed by atoms with E-state index in [9.17, 15) is 39.0 Å². The third-order valence-electron chi connectivity index (χ3n) is 8.44. The van der Waals surface area contributed by atoms with Gasteiger partial charge in [-0.1, -0.05) is 50.6 Å². The molecule has 2 atom stereocenters. The number of rotatable bonds is 17. The zero-order chi connectivity index (χ0) is 33.5. The van der Waals surface area contributed by atoms with Gasteiger partial charge in [-0.05, 0) is 30.1 Å². The van der Waals surface area contributed by atoms with Crippen LogP contribution < -0.4 is 5.32 Å². The molecular formula is C30H38BN5O10. The molecule has 4 rings (SSSR count). The first-order valence-electron chi connectivity index (χ1n) is 15.1. The van der Waals surface area contributed by atoms with Crippen LogP contribution in [-0.2, 0) is 39.7 Å². The minimum Gasteiger partial charge on any atom is -0.600 e. The Kier molecular flexibility index (Phi) is 10.8. The third kappa shape index (κ3) is 8.11. The van der Waals surface area contributed by atoms with Crippen LogP contribution in [0.25, 0.3) is 0 Å². The van der Waals surface area contributed by atoms with E-state index in [0.717, 1.165) is 5.56 Å². The van der Waals surface area contributed by atoms with Gasteiger partial charge >= 0.3 is 30.6 Å². The highest BCUT2D eigenvalue weighted by atomic mass is 16.7. The number of amides is 1. The fourth-order valence-electron chi connectivity index (χ4n) is 6.59. The van der Waals surface area contributed by atoms with Gasteiger partial charge in [0.2, 0.25) is 0 Å². The summed E-state index contributed by atoms with van der Waals surface area (Å²) in [6.45, 7) is -0.812. The molecule has 2 aliphatic rings. The van der Waals surface area contributed by atoms with E-state index in [-0.39, 0.29) is 60.8 Å². The number of carbonyl (C=O) groups excluding carboxylic acids is 4. The average Bonchev–Trinajstić information content (AvgIpc) is 3.41. The highest BCUT2D eigenvalue weighted by molar-refractivity contribution is 6.67. The van der Waals surface area contributed by atoms with Crippen LogP contribution in [0.3, 0.4) is 0 Å². The molecule has 3 N–H and O–H groups in total. The highest BCUT2D eigenvalue weighted by Gasteiger charge is 2.70. The molecule has 0 saturated carbocycles. The summed E-state index contributed by atoms with van der Waals surface area (Å²) in [5.74, 6) is -5.58. The topological polar surface area (TPSA) is 202 Å². The first kappa shape index (κ1) is 34.2. The number of quaternary nitrogens is 1. The number of nitrogens with one attached hydrogen (secondary N) is 1. The standard InChI is InChI=1S/C30H38BN5O10/c1-20(2)12-22(14-25(37)23(13-21-6-4-3-5-7-21)34-30(44)24-15-32-8-9-33-24)31-36(18-28(42)45-31,19-29(43)46-31)11-10-35(16-26(38)39)17-27(40)41/h3-9,15,20,22-23H,10-14,16-19H2,1-2H3,(H,34,44)(H,38,39)(H,40,41)/t22-,23+,31?,36?/m1/s1. The van der Waals surface area contributed by atoms with Gasteiger partial charge in [-0.15, -0.1) is 0 Å². The van der Waals surface area contributed by atoms with E-state index < -0.39 is 61.4 Å². The Morgan fingerprint density at radius 3 is 2.17 bits per heavy atom. The quantitative estimate of drug-likeness (QED) is 0.203. The van der Waals surface area contributed by atoms with Crippen molar-refractivity contribution in [3.8, 4) is 0 Å². The largest absolute Gasteiger partial charge is 0.600 e. The summed E-state index contributed by atoms with van der Waals surface area (Å²) in [7, 11) is 0. The van der Waals surface area contributed by atoms with E-state index in [1.165, 1.54) is 23.5 Å². The van der Waals surface area contributed by atoms with Gasteiger partial charge in [-0.3, -0.25) is 38.7 Å². The molecule has 0 unspecified atom stereocenters. The van der Waals surface area contributed by atoms with Gasteiger partial charge in [0.05, 0.1) is 31.9 Å². The maximum atomic E-state index is 14.2. The Bertz CT molecular complexity index is 1420. The molecule has 1 aromatic heterocycles. The zero-order valence-electron chi connectivity index (χ0n) is 25.7. The van der Waals surface area contributed by atoms with Gasteiger partial charge in [-0.2, -0.15) is 0 Å². The van der Waals surface area contributed by atoms with Crippen molar-refractivity contribution in [3.05, 3.63) is 60.2 Å². The summed E-state index contributed by atoms with van der Waals surface area (Å²) >= 11 is 0. The second-order valence-corrected chi connectivity index (χ2v) is 12.3. The summed E-state index contributed by atoms with van der Waals surface area (Å²) in [6, 6.07) is 8.07. The van der Waals surface area contributed by atoms with Gasteiger partial charge in [0.25, 0.3) is 5.91 Å². The number of aliphatic carboxylic acids is 2. The van der Waals surface area contributed by atoms with Crippen molar-refractivity contribution in [3.63, 3.8) is 0 Å². The van der Waals surface area contributed by atoms with Crippen molar-refractivity contribution >= 4 is 42.3 Å². The normalized spacial score (nSPS) is 21.7. The molecule has 0 bridgehead atoms. The van der Waals surface area contributed by atoms with Crippen LogP contribution in [0.1, 0.15) is 42.7 Å². The minimum atomic E-state index is -2.83. The lowest BCUT2D eigenvalue weighted by atomic mass is 9.51. The smallest absolute Gasteiger partial charge is 0.587 e. The second kappa shape index (κ2) is 14.6. The molecule has 0 aliphatic carbocycles. The number of fused-ring (bicyclic) bond motifs is 1. The molecule has 2 fully saturated rings. The lowest BCUT2D eigenvalue weighted by Crippen LogP contribution is -2.67. The van der Waals surface area contributed by atoms with Crippen molar-refractivity contribution < 1.29 is 52.7 Å². The number of carboxylic acid groups (broad SMARTS) is 2. The van der Waals surface area contributed by atoms with Crippen molar-refractivity contribution in [2.45, 2.75) is 45.0 Å². The van der Waals surface area contributed by atoms with Gasteiger partial charge in [0.1, 0.15) is 18.8 Å². The van der Waals surface area contributed by atoms with E-state index >= 15 is 0 Å². The molecule has 2 aliphatic heterocycles. The maximum absolute atomic E-state index is 14.2. The van der Waals surface area contributed by atoms with Gasteiger partial charge < -0.3 is 29.2 Å². The molecule has 16 heteroatoms. The number of nitrogens with zero attached hydrogens (tertiary/aromatic N) is 4. The maximum Gasteiger partial charge on any atom is 0.587 e. The van der Waals surface area contributed by atoms with E-state index in [2.05, 4.69) is 15.3 Å². The van der Waals surface area contributed by atoms with E-state index in [1.54, 1.807) is 0 Å². The Morgan fingerprint density at radius 2 is 1.63 bits per heavy atom. The van der Waals surface area contributed by atoms with E-state index in [1.807, 2.05) is 44.2 Å². The Labute approximate surface area is 265 Å². The molecule has 2 aromatic rings. The lowest BCUT2D eigenvalue weighted by molar-refractivity contribution is -0.816. The van der Waals surface area contributed by atoms with Gasteiger partial charge in [0.15, 0.2) is 5.78 Å². The third-order valence-corrected chi connectivity index (χ3v) is 8.44. The van der Waals surface area contributed by atoms with Gasteiger partial charge in [-0.25, -0.2) is 4.98 Å². The number of benzene rings is 1. The Balaban J connectivity index is 1.66. The first-order valence-corrected chi connectivity index (χ1v) is 15.1. The van der Waals surface area contributed by atoms with E-state index in [0.29, 0.717) is 6.42 Å². The van der Waals surface area contributed by atoms with Crippen LogP contribution in [0, 0.1) is 5.92 Å². The van der Waals surface area contributed by atoms with Crippen LogP contribution in [-0.4, -0.2) is 117 Å². The number of carboxylic acids is 2. The number of hydrogen-bond acceptors (Lipinski definition) is 11. The van der Waals surface area contributed by atoms with Crippen molar-refractivity contribution in [1.29, 1.82) is 0 Å². The second-order valence-electron chi connectivity index (χ2n) is 12.3. The first-order chi connectivity index (χ1) is 21.8. The van der Waals surface area contributed by atoms with E-state index in [4.69, 9.17) is 9.31 Å². The monoisotopic (exact) mass is 639 g/mol. The Hall–Kier alpha value is -4.70. The molecule has 15 nitrogen and oxygen atoms in total.